The molecule has 1 N–H and O–H groups in total. The molecule has 0 saturated carbocycles. The van der Waals surface area contributed by atoms with Crippen LogP contribution in [0.1, 0.15) is 12.5 Å². The molecule has 0 unspecified atom stereocenters. The van der Waals surface area contributed by atoms with Crippen molar-refractivity contribution in [3.05, 3.63) is 66.4 Å². The van der Waals surface area contributed by atoms with Gasteiger partial charge in [0.1, 0.15) is 5.75 Å². The van der Waals surface area contributed by atoms with Crippen LogP contribution in [0.3, 0.4) is 0 Å². The van der Waals surface area contributed by atoms with Crippen LogP contribution >= 0.6 is 0 Å². The summed E-state index contributed by atoms with van der Waals surface area (Å²) in [6.45, 7) is 3.96. The molecule has 25 heavy (non-hydrogen) atoms. The van der Waals surface area contributed by atoms with Gasteiger partial charge in [-0.1, -0.05) is 12.1 Å². The smallest absolute Gasteiger partial charge is 0.219 e. The lowest BCUT2D eigenvalue weighted by atomic mass is 10.1. The van der Waals surface area contributed by atoms with E-state index in [9.17, 15) is 0 Å². The molecule has 0 fully saturated rings. The van der Waals surface area contributed by atoms with Crippen molar-refractivity contribution in [1.82, 2.24) is 14.9 Å². The molecule has 0 bridgehead atoms. The molecule has 0 aliphatic rings. The lowest BCUT2D eigenvalue weighted by molar-refractivity contribution is 0.463. The van der Waals surface area contributed by atoms with Crippen molar-refractivity contribution >= 4 is 21.8 Å². The number of aromatic nitrogens is 2. The molecule has 0 aliphatic carbocycles. The minimum absolute atomic E-state index is 0.609. The van der Waals surface area contributed by atoms with E-state index in [1.165, 1.54) is 27.4 Å². The van der Waals surface area contributed by atoms with Crippen LogP contribution < -0.4 is 10.1 Å². The first kappa shape index (κ1) is 15.7. The average Bonchev–Trinajstić information content (AvgIpc) is 2.95. The monoisotopic (exact) mass is 331 g/mol. The number of hydrogen-bond acceptors (Lipinski definition) is 3. The predicted octanol–water partition coefficient (Wildman–Crippen LogP) is 4.72. The van der Waals surface area contributed by atoms with Crippen LogP contribution in [0.15, 0.2) is 60.8 Å². The van der Waals surface area contributed by atoms with Crippen molar-refractivity contribution in [1.29, 1.82) is 0 Å². The SMILES string of the molecule is CCn1c2ccc(CNC)cc2c2ccc(Oc3ccccn3)cc21. The van der Waals surface area contributed by atoms with Crippen LogP contribution in [-0.4, -0.2) is 16.6 Å². The standard InChI is InChI=1S/C21H21N3O/c1-3-24-19-10-7-15(14-22-2)12-18(19)17-9-8-16(13-20(17)24)25-21-6-4-5-11-23-21/h4-13,22H,3,14H2,1-2H3. The summed E-state index contributed by atoms with van der Waals surface area (Å²) in [4.78, 5) is 4.24. The van der Waals surface area contributed by atoms with Crippen molar-refractivity contribution in [3.8, 4) is 11.6 Å². The van der Waals surface area contributed by atoms with Gasteiger partial charge in [-0.3, -0.25) is 0 Å². The van der Waals surface area contributed by atoms with E-state index in [0.29, 0.717) is 5.88 Å². The number of nitrogens with one attached hydrogen (secondary N) is 1. The Morgan fingerprint density at radius 3 is 2.68 bits per heavy atom. The fourth-order valence-electron chi connectivity index (χ4n) is 3.37. The van der Waals surface area contributed by atoms with Crippen LogP contribution in [0, 0.1) is 0 Å². The lowest BCUT2D eigenvalue weighted by Crippen LogP contribution is -2.04. The number of nitrogens with zero attached hydrogens (tertiary/aromatic N) is 2. The van der Waals surface area contributed by atoms with Crippen molar-refractivity contribution in [2.24, 2.45) is 0 Å². The Labute approximate surface area is 147 Å². The van der Waals surface area contributed by atoms with E-state index >= 15 is 0 Å². The summed E-state index contributed by atoms with van der Waals surface area (Å²) < 4.78 is 8.24. The third kappa shape index (κ3) is 2.85. The maximum atomic E-state index is 5.91. The highest BCUT2D eigenvalue weighted by Crippen LogP contribution is 2.33. The highest BCUT2D eigenvalue weighted by atomic mass is 16.5. The molecule has 0 atom stereocenters. The minimum atomic E-state index is 0.609. The molecule has 0 spiro atoms. The first-order valence-electron chi connectivity index (χ1n) is 8.58. The Balaban J connectivity index is 1.85. The first-order chi connectivity index (χ1) is 12.3. The zero-order chi connectivity index (χ0) is 17.2. The first-order valence-corrected chi connectivity index (χ1v) is 8.58. The summed E-state index contributed by atoms with van der Waals surface area (Å²) in [5.74, 6) is 1.41. The van der Waals surface area contributed by atoms with Crippen molar-refractivity contribution in [2.75, 3.05) is 7.05 Å². The van der Waals surface area contributed by atoms with Crippen LogP contribution in [-0.2, 0) is 13.1 Å². The number of aryl methyl sites for hydroxylation is 1. The number of rotatable bonds is 5. The van der Waals surface area contributed by atoms with Crippen LogP contribution in [0.25, 0.3) is 21.8 Å². The quantitative estimate of drug-likeness (QED) is 0.575. The van der Waals surface area contributed by atoms with E-state index in [0.717, 1.165) is 18.8 Å². The number of ether oxygens (including phenoxy) is 1. The van der Waals surface area contributed by atoms with Crippen molar-refractivity contribution in [2.45, 2.75) is 20.0 Å². The third-order valence-corrected chi connectivity index (χ3v) is 4.46. The number of benzene rings is 2. The predicted molar refractivity (Wildman–Crippen MR) is 102 cm³/mol. The molecular formula is C21H21N3O. The summed E-state index contributed by atoms with van der Waals surface area (Å²) in [5, 5.41) is 5.76. The van der Waals surface area contributed by atoms with Gasteiger partial charge in [0.2, 0.25) is 5.88 Å². The maximum Gasteiger partial charge on any atom is 0.219 e. The Morgan fingerprint density at radius 2 is 1.92 bits per heavy atom. The molecular weight excluding hydrogens is 310 g/mol. The van der Waals surface area contributed by atoms with Gasteiger partial charge in [-0.15, -0.1) is 0 Å². The molecule has 4 aromatic rings. The number of pyridine rings is 1. The highest BCUT2D eigenvalue weighted by molar-refractivity contribution is 6.08. The highest BCUT2D eigenvalue weighted by Gasteiger charge is 2.11. The second kappa shape index (κ2) is 6.57. The van der Waals surface area contributed by atoms with Crippen LogP contribution in [0.2, 0.25) is 0 Å². The normalized spacial score (nSPS) is 11.3. The lowest BCUT2D eigenvalue weighted by Gasteiger charge is -2.06. The van der Waals surface area contributed by atoms with Gasteiger partial charge >= 0.3 is 0 Å². The van der Waals surface area contributed by atoms with Gasteiger partial charge in [0.25, 0.3) is 0 Å². The summed E-state index contributed by atoms with van der Waals surface area (Å²) in [7, 11) is 1.97. The largest absolute Gasteiger partial charge is 0.439 e. The van der Waals surface area contributed by atoms with E-state index < -0.39 is 0 Å². The van der Waals surface area contributed by atoms with Gasteiger partial charge in [-0.2, -0.15) is 0 Å². The fraction of sp³-hybridized carbons (Fsp3) is 0.190. The second-order valence-corrected chi connectivity index (χ2v) is 6.08. The van der Waals surface area contributed by atoms with Crippen molar-refractivity contribution < 1.29 is 4.74 Å². The molecule has 4 nitrogen and oxygen atoms in total. The van der Waals surface area contributed by atoms with Gasteiger partial charge in [0, 0.05) is 47.7 Å². The molecule has 2 aromatic heterocycles. The van der Waals surface area contributed by atoms with E-state index in [-0.39, 0.29) is 0 Å². The van der Waals surface area contributed by atoms with Gasteiger partial charge in [0.15, 0.2) is 0 Å². The van der Waals surface area contributed by atoms with E-state index in [4.69, 9.17) is 4.74 Å². The third-order valence-electron chi connectivity index (χ3n) is 4.46. The zero-order valence-corrected chi connectivity index (χ0v) is 14.5. The summed E-state index contributed by atoms with van der Waals surface area (Å²) in [6.07, 6.45) is 1.74. The van der Waals surface area contributed by atoms with E-state index in [1.54, 1.807) is 6.20 Å². The van der Waals surface area contributed by atoms with Crippen LogP contribution in [0.5, 0.6) is 11.6 Å². The minimum Gasteiger partial charge on any atom is -0.439 e. The number of hydrogen-bond donors (Lipinski definition) is 1. The molecule has 0 saturated heterocycles. The average molecular weight is 331 g/mol. The van der Waals surface area contributed by atoms with Crippen LogP contribution in [0.4, 0.5) is 0 Å². The molecule has 126 valence electrons. The fourth-order valence-corrected chi connectivity index (χ4v) is 3.37. The van der Waals surface area contributed by atoms with Gasteiger partial charge in [0.05, 0.1) is 5.52 Å². The van der Waals surface area contributed by atoms with E-state index in [1.807, 2.05) is 31.3 Å². The second-order valence-electron chi connectivity index (χ2n) is 6.08. The summed E-state index contributed by atoms with van der Waals surface area (Å²) in [6, 6.07) is 18.6. The zero-order valence-electron chi connectivity index (χ0n) is 14.5. The molecule has 4 rings (SSSR count). The molecule has 2 aromatic carbocycles. The van der Waals surface area contributed by atoms with E-state index in [2.05, 4.69) is 52.1 Å². The molecule has 2 heterocycles. The Hall–Kier alpha value is -2.85. The number of fused-ring (bicyclic) bond motifs is 3. The molecule has 4 heteroatoms. The maximum absolute atomic E-state index is 5.91. The summed E-state index contributed by atoms with van der Waals surface area (Å²) in [5.41, 5.74) is 3.74. The molecule has 0 aliphatic heterocycles. The topological polar surface area (TPSA) is 39.1 Å². The van der Waals surface area contributed by atoms with Gasteiger partial charge in [-0.05, 0) is 49.9 Å². The van der Waals surface area contributed by atoms with Gasteiger partial charge < -0.3 is 14.6 Å². The molecule has 0 radical (unpaired) electrons. The Morgan fingerprint density at radius 1 is 1.00 bits per heavy atom. The Bertz CT molecular complexity index is 1020. The van der Waals surface area contributed by atoms with Gasteiger partial charge in [-0.25, -0.2) is 4.98 Å². The summed E-state index contributed by atoms with van der Waals surface area (Å²) >= 11 is 0. The molecule has 0 amide bonds. The Kier molecular flexibility index (Phi) is 4.12. The van der Waals surface area contributed by atoms with Crippen molar-refractivity contribution in [3.63, 3.8) is 0 Å².